The number of carbonyl (C=O) groups excluding carboxylic acids is 1. The first-order chi connectivity index (χ1) is 7.88. The van der Waals surface area contributed by atoms with Crippen LogP contribution in [0.1, 0.15) is 40.0 Å². The molecule has 0 aromatic heterocycles. The summed E-state index contributed by atoms with van der Waals surface area (Å²) in [4.78, 5) is 11.4. The molecule has 17 heavy (non-hydrogen) atoms. The average molecular weight is 260 g/mol. The third-order valence-electron chi connectivity index (χ3n) is 3.60. The molecular weight excluding hydrogens is 236 g/mol. The van der Waals surface area contributed by atoms with Crippen LogP contribution in [0.25, 0.3) is 0 Å². The molecule has 3 unspecified atom stereocenters. The monoisotopic (exact) mass is 260 g/mol. The lowest BCUT2D eigenvalue weighted by Crippen LogP contribution is -2.52. The van der Waals surface area contributed by atoms with E-state index in [0.29, 0.717) is 6.54 Å². The Morgan fingerprint density at radius 3 is 2.76 bits per heavy atom. The number of amides is 1. The van der Waals surface area contributed by atoms with Gasteiger partial charge in [0.2, 0.25) is 5.91 Å². The standard InChI is InChI=1S/C12H24N2O2S/c1-4-14-10(15)8-17(16)9-6-5-7-12(2,3)11(9)13/h9,11H,4-8,13H2,1-3H3,(H,14,15). The zero-order valence-electron chi connectivity index (χ0n) is 11.0. The van der Waals surface area contributed by atoms with E-state index in [0.717, 1.165) is 19.3 Å². The van der Waals surface area contributed by atoms with Crippen molar-refractivity contribution in [1.29, 1.82) is 0 Å². The molecule has 0 spiro atoms. The number of hydrogen-bond acceptors (Lipinski definition) is 3. The van der Waals surface area contributed by atoms with Crippen LogP contribution in [0.3, 0.4) is 0 Å². The van der Waals surface area contributed by atoms with E-state index in [1.54, 1.807) is 0 Å². The molecule has 4 nitrogen and oxygen atoms in total. The number of nitrogens with two attached hydrogens (primary N) is 1. The fourth-order valence-electron chi connectivity index (χ4n) is 2.39. The molecule has 5 heteroatoms. The average Bonchev–Trinajstić information content (AvgIpc) is 2.22. The van der Waals surface area contributed by atoms with Gasteiger partial charge in [0.1, 0.15) is 5.75 Å². The van der Waals surface area contributed by atoms with Gasteiger partial charge >= 0.3 is 0 Å². The summed E-state index contributed by atoms with van der Waals surface area (Å²) in [6.45, 7) is 6.68. The lowest BCUT2D eigenvalue weighted by Gasteiger charge is -2.41. The SMILES string of the molecule is CCNC(=O)CS(=O)C1CCCC(C)(C)C1N. The Hall–Kier alpha value is -0.420. The minimum atomic E-state index is -1.15. The summed E-state index contributed by atoms with van der Waals surface area (Å²) in [5.41, 5.74) is 6.21. The molecule has 3 N–H and O–H groups in total. The van der Waals surface area contributed by atoms with Crippen LogP contribution in [0.5, 0.6) is 0 Å². The van der Waals surface area contributed by atoms with E-state index in [2.05, 4.69) is 19.2 Å². The Bertz CT molecular complexity index is 305. The van der Waals surface area contributed by atoms with Gasteiger partial charge in [-0.15, -0.1) is 0 Å². The van der Waals surface area contributed by atoms with Gasteiger partial charge in [0.05, 0.1) is 5.25 Å². The molecule has 1 fully saturated rings. The molecule has 3 atom stereocenters. The normalized spacial score (nSPS) is 29.6. The maximum absolute atomic E-state index is 12.2. The molecule has 0 aromatic carbocycles. The molecular formula is C12H24N2O2S. The Morgan fingerprint density at radius 2 is 2.18 bits per heavy atom. The van der Waals surface area contributed by atoms with Gasteiger partial charge in [0, 0.05) is 23.4 Å². The van der Waals surface area contributed by atoms with Crippen molar-refractivity contribution in [1.82, 2.24) is 5.32 Å². The smallest absolute Gasteiger partial charge is 0.232 e. The minimum Gasteiger partial charge on any atom is -0.356 e. The van der Waals surface area contributed by atoms with Crippen molar-refractivity contribution in [2.24, 2.45) is 11.1 Å². The molecule has 0 saturated heterocycles. The molecule has 0 aromatic rings. The van der Waals surface area contributed by atoms with E-state index < -0.39 is 10.8 Å². The second-order valence-electron chi connectivity index (χ2n) is 5.42. The Balaban J connectivity index is 2.59. The summed E-state index contributed by atoms with van der Waals surface area (Å²) in [5, 5.41) is 2.64. The van der Waals surface area contributed by atoms with Crippen LogP contribution < -0.4 is 11.1 Å². The second-order valence-corrected chi connectivity index (χ2v) is 7.08. The molecule has 0 heterocycles. The molecule has 0 bridgehead atoms. The fraction of sp³-hybridized carbons (Fsp3) is 0.917. The topological polar surface area (TPSA) is 72.2 Å². The van der Waals surface area contributed by atoms with Crippen molar-refractivity contribution in [3.05, 3.63) is 0 Å². The molecule has 1 saturated carbocycles. The number of carbonyl (C=O) groups is 1. The van der Waals surface area contributed by atoms with Gasteiger partial charge in [-0.05, 0) is 25.2 Å². The van der Waals surface area contributed by atoms with E-state index in [-0.39, 0.29) is 28.4 Å². The van der Waals surface area contributed by atoms with Crippen molar-refractivity contribution < 1.29 is 9.00 Å². The third-order valence-corrected chi connectivity index (χ3v) is 5.35. The molecule has 0 radical (unpaired) electrons. The van der Waals surface area contributed by atoms with Crippen molar-refractivity contribution in [2.45, 2.75) is 51.3 Å². The number of rotatable bonds is 4. The summed E-state index contributed by atoms with van der Waals surface area (Å²) in [7, 11) is -1.15. The molecule has 0 aliphatic heterocycles. The molecule has 100 valence electrons. The van der Waals surface area contributed by atoms with Crippen molar-refractivity contribution in [3.63, 3.8) is 0 Å². The lowest BCUT2D eigenvalue weighted by molar-refractivity contribution is -0.118. The van der Waals surface area contributed by atoms with E-state index in [1.165, 1.54) is 0 Å². The van der Waals surface area contributed by atoms with E-state index in [9.17, 15) is 9.00 Å². The first kappa shape index (κ1) is 14.6. The summed E-state index contributed by atoms with van der Waals surface area (Å²) >= 11 is 0. The van der Waals surface area contributed by atoms with Gasteiger partial charge in [0.25, 0.3) is 0 Å². The quantitative estimate of drug-likeness (QED) is 0.784. The predicted octanol–water partition coefficient (Wildman–Crippen LogP) is 0.777. The zero-order chi connectivity index (χ0) is 13.1. The third kappa shape index (κ3) is 3.78. The van der Waals surface area contributed by atoms with Crippen LogP contribution in [0, 0.1) is 5.41 Å². The lowest BCUT2D eigenvalue weighted by atomic mass is 9.73. The van der Waals surface area contributed by atoms with Crippen molar-refractivity contribution >= 4 is 16.7 Å². The largest absolute Gasteiger partial charge is 0.356 e. The summed E-state index contributed by atoms with van der Waals surface area (Å²) in [6, 6.07) is -0.0773. The number of hydrogen-bond donors (Lipinski definition) is 2. The van der Waals surface area contributed by atoms with Gasteiger partial charge in [-0.1, -0.05) is 20.3 Å². The Morgan fingerprint density at radius 1 is 1.53 bits per heavy atom. The van der Waals surface area contributed by atoms with Gasteiger partial charge in [-0.3, -0.25) is 9.00 Å². The van der Waals surface area contributed by atoms with Crippen molar-refractivity contribution in [2.75, 3.05) is 12.3 Å². The van der Waals surface area contributed by atoms with Gasteiger partial charge in [-0.25, -0.2) is 0 Å². The van der Waals surface area contributed by atoms with Gasteiger partial charge < -0.3 is 11.1 Å². The maximum atomic E-state index is 12.2. The van der Waals surface area contributed by atoms with Crippen LogP contribution in [-0.4, -0.2) is 33.7 Å². The van der Waals surface area contributed by atoms with E-state index >= 15 is 0 Å². The van der Waals surface area contributed by atoms with Crippen LogP contribution in [0.4, 0.5) is 0 Å². The molecule has 1 rings (SSSR count). The highest BCUT2D eigenvalue weighted by atomic mass is 32.2. The molecule has 1 aliphatic carbocycles. The Kier molecular flexibility index (Phi) is 5.13. The van der Waals surface area contributed by atoms with E-state index in [1.807, 2.05) is 6.92 Å². The minimum absolute atomic E-state index is 0.0276. The fourth-order valence-corrected chi connectivity index (χ4v) is 4.09. The highest BCUT2D eigenvalue weighted by Crippen LogP contribution is 2.36. The summed E-state index contributed by atoms with van der Waals surface area (Å²) in [5.74, 6) is -0.0520. The van der Waals surface area contributed by atoms with Gasteiger partial charge in [0.15, 0.2) is 0 Å². The van der Waals surface area contributed by atoms with Crippen LogP contribution in [0.15, 0.2) is 0 Å². The molecule has 1 amide bonds. The van der Waals surface area contributed by atoms with Gasteiger partial charge in [-0.2, -0.15) is 0 Å². The van der Waals surface area contributed by atoms with E-state index in [4.69, 9.17) is 5.73 Å². The van der Waals surface area contributed by atoms with Crippen molar-refractivity contribution in [3.8, 4) is 0 Å². The first-order valence-electron chi connectivity index (χ1n) is 6.28. The number of nitrogens with one attached hydrogen (secondary N) is 1. The highest BCUT2D eigenvalue weighted by molar-refractivity contribution is 7.86. The highest BCUT2D eigenvalue weighted by Gasteiger charge is 2.39. The second kappa shape index (κ2) is 5.96. The first-order valence-corrected chi connectivity index (χ1v) is 7.66. The zero-order valence-corrected chi connectivity index (χ0v) is 11.8. The van der Waals surface area contributed by atoms with Crippen LogP contribution in [-0.2, 0) is 15.6 Å². The Labute approximate surface area is 106 Å². The predicted molar refractivity (Wildman–Crippen MR) is 71.1 cm³/mol. The van der Waals surface area contributed by atoms with Crippen LogP contribution in [0.2, 0.25) is 0 Å². The summed E-state index contributed by atoms with van der Waals surface area (Å²) < 4.78 is 12.2. The summed E-state index contributed by atoms with van der Waals surface area (Å²) in [6.07, 6.45) is 2.99. The maximum Gasteiger partial charge on any atom is 0.232 e. The molecule has 1 aliphatic rings. The van der Waals surface area contributed by atoms with Crippen LogP contribution >= 0.6 is 0 Å².